The van der Waals surface area contributed by atoms with E-state index in [2.05, 4.69) is 26.2 Å². The number of allylic oxidation sites excluding steroid dienone is 1. The quantitative estimate of drug-likeness (QED) is 0.445. The van der Waals surface area contributed by atoms with Gasteiger partial charge in [0.1, 0.15) is 0 Å². The van der Waals surface area contributed by atoms with E-state index in [1.54, 1.807) is 0 Å². The molecular formula is C7H8BrN3OS. The Hall–Kier alpha value is -0.620. The molecule has 4 nitrogen and oxygen atoms in total. The lowest BCUT2D eigenvalue weighted by Gasteiger charge is -1.99. The Morgan fingerprint density at radius 2 is 2.62 bits per heavy atom. The van der Waals surface area contributed by atoms with Crippen LogP contribution in [-0.2, 0) is 4.79 Å². The van der Waals surface area contributed by atoms with Crippen molar-refractivity contribution in [2.75, 3.05) is 6.54 Å². The molecule has 0 aromatic carbocycles. The molecule has 0 bridgehead atoms. The van der Waals surface area contributed by atoms with E-state index < -0.39 is 0 Å². The third kappa shape index (κ3) is 3.73. The molecule has 0 aromatic rings. The molecule has 1 aliphatic heterocycles. The Bertz CT molecular complexity index is 277. The number of nitrogens with one attached hydrogen (secondary N) is 2. The van der Waals surface area contributed by atoms with E-state index in [9.17, 15) is 4.79 Å². The molecule has 0 saturated carbocycles. The molecule has 2 N–H and O–H groups in total. The number of thioether (sulfide) groups is 1. The first-order chi connectivity index (χ1) is 6.22. The Kier molecular flexibility index (Phi) is 4.17. The summed E-state index contributed by atoms with van der Waals surface area (Å²) in [7, 11) is 0. The SMILES string of the molecule is N=C/C=C\C(=O)NC1=NCC(Br)S1. The van der Waals surface area contributed by atoms with Crippen molar-refractivity contribution in [1.29, 1.82) is 5.41 Å². The highest BCUT2D eigenvalue weighted by Crippen LogP contribution is 2.24. The standard InChI is InChI=1S/C7H8BrN3OS/c8-5-4-10-7(13-5)11-6(12)2-1-3-9/h1-3,5,9H,4H2,(H,10,11,12)/b2-1-,9-3?. The van der Waals surface area contributed by atoms with Crippen LogP contribution < -0.4 is 5.32 Å². The highest BCUT2D eigenvalue weighted by Gasteiger charge is 2.16. The Morgan fingerprint density at radius 1 is 1.85 bits per heavy atom. The summed E-state index contributed by atoms with van der Waals surface area (Å²) < 4.78 is 0.259. The number of carbonyl (C=O) groups excluding carboxylic acids is 1. The molecule has 13 heavy (non-hydrogen) atoms. The minimum atomic E-state index is -0.253. The Balaban J connectivity index is 2.37. The molecule has 0 saturated heterocycles. The van der Waals surface area contributed by atoms with Crippen LogP contribution >= 0.6 is 27.7 Å². The molecule has 1 amide bonds. The van der Waals surface area contributed by atoms with E-state index in [1.807, 2.05) is 0 Å². The summed E-state index contributed by atoms with van der Waals surface area (Å²) in [6.07, 6.45) is 3.70. The highest BCUT2D eigenvalue weighted by molar-refractivity contribution is 9.11. The minimum absolute atomic E-state index is 0.253. The van der Waals surface area contributed by atoms with E-state index in [-0.39, 0.29) is 10.1 Å². The maximum atomic E-state index is 11.1. The summed E-state index contributed by atoms with van der Waals surface area (Å²) in [5, 5.41) is 9.90. The molecule has 1 rings (SSSR count). The average Bonchev–Trinajstić information content (AvgIpc) is 2.48. The van der Waals surface area contributed by atoms with Gasteiger partial charge in [-0.2, -0.15) is 0 Å². The van der Waals surface area contributed by atoms with Crippen LogP contribution in [-0.4, -0.2) is 28.0 Å². The fraction of sp³-hybridized carbons (Fsp3) is 0.286. The average molecular weight is 262 g/mol. The first-order valence-corrected chi connectivity index (χ1v) is 5.35. The van der Waals surface area contributed by atoms with Crippen molar-refractivity contribution in [3.8, 4) is 0 Å². The van der Waals surface area contributed by atoms with Gasteiger partial charge in [-0.1, -0.05) is 27.7 Å². The van der Waals surface area contributed by atoms with Gasteiger partial charge in [-0.25, -0.2) is 0 Å². The third-order valence-corrected chi connectivity index (χ3v) is 2.90. The number of hydrogen-bond donors (Lipinski definition) is 2. The van der Waals surface area contributed by atoms with Crippen LogP contribution in [0.1, 0.15) is 0 Å². The fourth-order valence-electron chi connectivity index (χ4n) is 0.702. The second kappa shape index (κ2) is 5.18. The van der Waals surface area contributed by atoms with Gasteiger partial charge in [0, 0.05) is 12.3 Å². The van der Waals surface area contributed by atoms with Crippen LogP contribution in [0.3, 0.4) is 0 Å². The molecular weight excluding hydrogens is 254 g/mol. The molecule has 0 fully saturated rings. The first kappa shape index (κ1) is 10.5. The number of nitrogens with zero attached hydrogens (tertiary/aromatic N) is 1. The lowest BCUT2D eigenvalue weighted by atomic mass is 10.5. The van der Waals surface area contributed by atoms with Crippen LogP contribution in [0, 0.1) is 5.41 Å². The normalized spacial score (nSPS) is 21.6. The summed E-state index contributed by atoms with van der Waals surface area (Å²) in [5.74, 6) is -0.253. The van der Waals surface area contributed by atoms with E-state index in [0.717, 1.165) is 6.21 Å². The van der Waals surface area contributed by atoms with Gasteiger partial charge < -0.3 is 10.7 Å². The zero-order chi connectivity index (χ0) is 9.68. The van der Waals surface area contributed by atoms with Gasteiger partial charge in [0.15, 0.2) is 5.17 Å². The number of aliphatic imine (C=N–C) groups is 1. The molecule has 0 aromatic heterocycles. The van der Waals surface area contributed by atoms with Crippen molar-refractivity contribution >= 4 is 45.0 Å². The highest BCUT2D eigenvalue weighted by atomic mass is 79.9. The van der Waals surface area contributed by atoms with Crippen molar-refractivity contribution in [1.82, 2.24) is 5.32 Å². The number of alkyl halides is 1. The van der Waals surface area contributed by atoms with Gasteiger partial charge in [-0.15, -0.1) is 0 Å². The van der Waals surface area contributed by atoms with Gasteiger partial charge >= 0.3 is 0 Å². The maximum Gasteiger partial charge on any atom is 0.249 e. The molecule has 0 spiro atoms. The summed E-state index contributed by atoms with van der Waals surface area (Å²) in [5.41, 5.74) is 0. The second-order valence-electron chi connectivity index (χ2n) is 2.19. The molecule has 0 aliphatic carbocycles. The predicted octanol–water partition coefficient (Wildman–Crippen LogP) is 1.13. The van der Waals surface area contributed by atoms with Crippen molar-refractivity contribution in [2.45, 2.75) is 4.16 Å². The second-order valence-corrected chi connectivity index (χ2v) is 5.09. The van der Waals surface area contributed by atoms with Crippen LogP contribution in [0.2, 0.25) is 0 Å². The van der Waals surface area contributed by atoms with Crippen molar-refractivity contribution in [3.63, 3.8) is 0 Å². The zero-order valence-corrected chi connectivity index (χ0v) is 9.06. The minimum Gasteiger partial charge on any atom is -0.309 e. The summed E-state index contributed by atoms with van der Waals surface area (Å²) in [6, 6.07) is 0. The topological polar surface area (TPSA) is 65.3 Å². The van der Waals surface area contributed by atoms with Crippen LogP contribution in [0.5, 0.6) is 0 Å². The number of halogens is 1. The van der Waals surface area contributed by atoms with E-state index in [1.165, 1.54) is 23.9 Å². The van der Waals surface area contributed by atoms with Crippen LogP contribution in [0.25, 0.3) is 0 Å². The van der Waals surface area contributed by atoms with Crippen molar-refractivity contribution in [2.24, 2.45) is 4.99 Å². The van der Waals surface area contributed by atoms with Crippen molar-refractivity contribution < 1.29 is 4.79 Å². The van der Waals surface area contributed by atoms with Crippen molar-refractivity contribution in [3.05, 3.63) is 12.2 Å². The van der Waals surface area contributed by atoms with Crippen LogP contribution in [0.15, 0.2) is 17.1 Å². The van der Waals surface area contributed by atoms with E-state index in [0.29, 0.717) is 11.7 Å². The number of amides is 1. The van der Waals surface area contributed by atoms with Crippen LogP contribution in [0.4, 0.5) is 0 Å². The molecule has 0 radical (unpaired) electrons. The van der Waals surface area contributed by atoms with E-state index >= 15 is 0 Å². The lowest BCUT2D eigenvalue weighted by Crippen LogP contribution is -2.25. The number of hydrogen-bond acceptors (Lipinski definition) is 4. The van der Waals surface area contributed by atoms with Gasteiger partial charge in [0.25, 0.3) is 0 Å². The monoisotopic (exact) mass is 261 g/mol. The number of amidine groups is 1. The maximum absolute atomic E-state index is 11.1. The number of rotatable bonds is 2. The van der Waals surface area contributed by atoms with Gasteiger partial charge in [0.05, 0.1) is 10.7 Å². The molecule has 1 aliphatic rings. The molecule has 1 atom stereocenters. The Morgan fingerprint density at radius 3 is 3.15 bits per heavy atom. The lowest BCUT2D eigenvalue weighted by molar-refractivity contribution is -0.115. The van der Waals surface area contributed by atoms with Gasteiger partial charge in [-0.3, -0.25) is 9.79 Å². The molecule has 1 unspecified atom stereocenters. The molecule has 6 heteroatoms. The van der Waals surface area contributed by atoms with Gasteiger partial charge in [0.2, 0.25) is 5.91 Å². The summed E-state index contributed by atoms with van der Waals surface area (Å²) in [4.78, 5) is 15.1. The molecule has 1 heterocycles. The fourth-order valence-corrected chi connectivity index (χ4v) is 2.08. The first-order valence-electron chi connectivity index (χ1n) is 3.55. The summed E-state index contributed by atoms with van der Waals surface area (Å²) >= 11 is 4.84. The molecule has 70 valence electrons. The third-order valence-electron chi connectivity index (χ3n) is 1.19. The van der Waals surface area contributed by atoms with Gasteiger partial charge in [-0.05, 0) is 6.08 Å². The largest absolute Gasteiger partial charge is 0.309 e. The smallest absolute Gasteiger partial charge is 0.249 e. The summed E-state index contributed by atoms with van der Waals surface area (Å²) in [6.45, 7) is 0.675. The Labute approximate surface area is 88.5 Å². The predicted molar refractivity (Wildman–Crippen MR) is 58.7 cm³/mol. The van der Waals surface area contributed by atoms with E-state index in [4.69, 9.17) is 5.41 Å². The number of carbonyl (C=O) groups is 1. The zero-order valence-electron chi connectivity index (χ0n) is 6.66.